The minimum Gasteiger partial charge on any atom is -0.480 e. The molecule has 2 aromatic carbocycles. The van der Waals surface area contributed by atoms with E-state index < -0.39 is 24.0 Å². The van der Waals surface area contributed by atoms with Crippen LogP contribution >= 0.6 is 0 Å². The monoisotopic (exact) mass is 419 g/mol. The summed E-state index contributed by atoms with van der Waals surface area (Å²) in [6.45, 7) is 3.23. The van der Waals surface area contributed by atoms with Gasteiger partial charge in [-0.3, -0.25) is 9.59 Å². The maximum atomic E-state index is 12.6. The summed E-state index contributed by atoms with van der Waals surface area (Å²) in [4.78, 5) is 35.1. The Balaban J connectivity index is 1.78. The van der Waals surface area contributed by atoms with Crippen molar-refractivity contribution in [2.75, 3.05) is 6.54 Å². The molecular formula is C24H21NO6. The lowest BCUT2D eigenvalue weighted by molar-refractivity contribution is -0.137. The number of fused-ring (bicyclic) bond motifs is 2. The number of aryl methyl sites for hydroxylation is 2. The van der Waals surface area contributed by atoms with E-state index in [4.69, 9.17) is 13.9 Å². The summed E-state index contributed by atoms with van der Waals surface area (Å²) >= 11 is 0. The number of carbonyl (C=O) groups excluding carboxylic acids is 1. The number of amides is 1. The molecule has 4 aromatic rings. The standard InChI is InChI=1S/C24H21NO6/c1-13-16(8-9-20(26)25-11-21(27)28)24(29)31-23-14(2)22-18(10-17(13)23)19(12-30-22)15-6-4-3-5-7-15/h3-7,10,12H,8-9,11H2,1-2H3,(H,25,26)(H,27,28). The average Bonchev–Trinajstić information content (AvgIpc) is 3.18. The highest BCUT2D eigenvalue weighted by Gasteiger charge is 2.19. The van der Waals surface area contributed by atoms with Crippen LogP contribution < -0.4 is 10.9 Å². The number of hydrogen-bond acceptors (Lipinski definition) is 5. The van der Waals surface area contributed by atoms with Gasteiger partial charge in [0.25, 0.3) is 0 Å². The summed E-state index contributed by atoms with van der Waals surface area (Å²) in [6, 6.07) is 11.8. The first-order valence-corrected chi connectivity index (χ1v) is 9.87. The zero-order valence-electron chi connectivity index (χ0n) is 17.2. The first kappa shape index (κ1) is 20.4. The van der Waals surface area contributed by atoms with Crippen LogP contribution in [0.15, 0.2) is 56.3 Å². The Morgan fingerprint density at radius 1 is 1.03 bits per heavy atom. The van der Waals surface area contributed by atoms with Crippen molar-refractivity contribution in [1.82, 2.24) is 5.32 Å². The van der Waals surface area contributed by atoms with Crippen molar-refractivity contribution in [1.29, 1.82) is 0 Å². The summed E-state index contributed by atoms with van der Waals surface area (Å²) in [5, 5.41) is 12.7. The molecule has 2 N–H and O–H groups in total. The number of carbonyl (C=O) groups is 2. The molecule has 158 valence electrons. The molecule has 0 aliphatic carbocycles. The lowest BCUT2D eigenvalue weighted by atomic mass is 9.97. The van der Waals surface area contributed by atoms with Gasteiger partial charge in [0.2, 0.25) is 5.91 Å². The molecule has 0 radical (unpaired) electrons. The molecule has 0 aliphatic rings. The second-order valence-electron chi connectivity index (χ2n) is 7.43. The Morgan fingerprint density at radius 2 is 1.77 bits per heavy atom. The smallest absolute Gasteiger partial charge is 0.339 e. The van der Waals surface area contributed by atoms with Crippen LogP contribution in [0, 0.1) is 13.8 Å². The lowest BCUT2D eigenvalue weighted by Crippen LogP contribution is -2.29. The van der Waals surface area contributed by atoms with Gasteiger partial charge in [-0.05, 0) is 37.5 Å². The average molecular weight is 419 g/mol. The number of carboxylic acid groups (broad SMARTS) is 1. The van der Waals surface area contributed by atoms with Gasteiger partial charge in [-0.2, -0.15) is 0 Å². The summed E-state index contributed by atoms with van der Waals surface area (Å²) in [5.41, 5.74) is 4.46. The number of hydrogen-bond donors (Lipinski definition) is 2. The summed E-state index contributed by atoms with van der Waals surface area (Å²) < 4.78 is 11.4. The third kappa shape index (κ3) is 3.82. The van der Waals surface area contributed by atoms with Crippen LogP contribution in [-0.4, -0.2) is 23.5 Å². The van der Waals surface area contributed by atoms with Gasteiger partial charge in [-0.25, -0.2) is 4.79 Å². The maximum Gasteiger partial charge on any atom is 0.339 e. The molecule has 2 aromatic heterocycles. The topological polar surface area (TPSA) is 110 Å². The fourth-order valence-corrected chi connectivity index (χ4v) is 3.83. The second-order valence-corrected chi connectivity index (χ2v) is 7.43. The molecule has 0 saturated carbocycles. The zero-order chi connectivity index (χ0) is 22.1. The summed E-state index contributed by atoms with van der Waals surface area (Å²) in [5.74, 6) is -1.56. The molecule has 0 saturated heterocycles. The van der Waals surface area contributed by atoms with Gasteiger partial charge >= 0.3 is 11.6 Å². The van der Waals surface area contributed by atoms with Crippen LogP contribution in [0.3, 0.4) is 0 Å². The summed E-state index contributed by atoms with van der Waals surface area (Å²) in [7, 11) is 0. The van der Waals surface area contributed by atoms with Crippen molar-refractivity contribution in [3.05, 3.63) is 69.8 Å². The van der Waals surface area contributed by atoms with E-state index in [0.717, 1.165) is 33.0 Å². The van der Waals surface area contributed by atoms with Crippen LogP contribution in [0.4, 0.5) is 0 Å². The molecule has 4 rings (SSSR count). The Kier molecular flexibility index (Phi) is 5.33. The van der Waals surface area contributed by atoms with Crippen LogP contribution in [0.25, 0.3) is 33.1 Å². The van der Waals surface area contributed by atoms with E-state index in [2.05, 4.69) is 5.32 Å². The molecule has 0 unspecified atom stereocenters. The van der Waals surface area contributed by atoms with Crippen molar-refractivity contribution in [3.8, 4) is 11.1 Å². The normalized spacial score (nSPS) is 11.2. The molecule has 7 nitrogen and oxygen atoms in total. The summed E-state index contributed by atoms with van der Waals surface area (Å²) in [6.07, 6.45) is 1.85. The predicted molar refractivity (Wildman–Crippen MR) is 116 cm³/mol. The Labute approximate surface area is 177 Å². The molecule has 31 heavy (non-hydrogen) atoms. The number of aliphatic carboxylic acids is 1. The van der Waals surface area contributed by atoms with Gasteiger partial charge in [0.15, 0.2) is 0 Å². The van der Waals surface area contributed by atoms with E-state index in [1.165, 1.54) is 0 Å². The molecule has 2 heterocycles. The molecule has 0 spiro atoms. The predicted octanol–water partition coefficient (Wildman–Crippen LogP) is 3.96. The van der Waals surface area contributed by atoms with Crippen molar-refractivity contribution in [3.63, 3.8) is 0 Å². The zero-order valence-corrected chi connectivity index (χ0v) is 17.2. The van der Waals surface area contributed by atoms with E-state index >= 15 is 0 Å². The molecule has 7 heteroatoms. The van der Waals surface area contributed by atoms with Gasteiger partial charge in [0, 0.05) is 33.9 Å². The minimum absolute atomic E-state index is 0.00735. The van der Waals surface area contributed by atoms with Crippen LogP contribution in [0.2, 0.25) is 0 Å². The second kappa shape index (κ2) is 8.10. The van der Waals surface area contributed by atoms with Gasteiger partial charge in [-0.1, -0.05) is 30.3 Å². The van der Waals surface area contributed by atoms with Crippen molar-refractivity contribution in [2.24, 2.45) is 0 Å². The molecule has 0 bridgehead atoms. The van der Waals surface area contributed by atoms with Crippen LogP contribution in [-0.2, 0) is 16.0 Å². The van der Waals surface area contributed by atoms with Crippen LogP contribution in [0.1, 0.15) is 23.1 Å². The highest BCUT2D eigenvalue weighted by Crippen LogP contribution is 2.37. The molecule has 0 fully saturated rings. The largest absolute Gasteiger partial charge is 0.480 e. The quantitative estimate of drug-likeness (QED) is 0.458. The first-order chi connectivity index (χ1) is 14.9. The molecule has 0 aliphatic heterocycles. The van der Waals surface area contributed by atoms with E-state index in [0.29, 0.717) is 16.7 Å². The van der Waals surface area contributed by atoms with E-state index in [1.54, 1.807) is 6.26 Å². The Morgan fingerprint density at radius 3 is 2.48 bits per heavy atom. The van der Waals surface area contributed by atoms with Gasteiger partial charge in [-0.15, -0.1) is 0 Å². The van der Waals surface area contributed by atoms with Crippen molar-refractivity contribution >= 4 is 33.8 Å². The highest BCUT2D eigenvalue weighted by molar-refractivity contribution is 6.04. The van der Waals surface area contributed by atoms with Gasteiger partial charge in [0.05, 0.1) is 6.26 Å². The number of furan rings is 1. The highest BCUT2D eigenvalue weighted by atomic mass is 16.4. The van der Waals surface area contributed by atoms with E-state index in [-0.39, 0.29) is 12.8 Å². The van der Waals surface area contributed by atoms with Crippen LogP contribution in [0.5, 0.6) is 0 Å². The van der Waals surface area contributed by atoms with Gasteiger partial charge in [0.1, 0.15) is 17.7 Å². The fourth-order valence-electron chi connectivity index (χ4n) is 3.83. The third-order valence-electron chi connectivity index (χ3n) is 5.47. The van der Waals surface area contributed by atoms with E-state index in [9.17, 15) is 14.4 Å². The first-order valence-electron chi connectivity index (χ1n) is 9.87. The lowest BCUT2D eigenvalue weighted by Gasteiger charge is -2.10. The van der Waals surface area contributed by atoms with Crippen molar-refractivity contribution in [2.45, 2.75) is 26.7 Å². The molecule has 1 amide bonds. The number of benzene rings is 2. The Hall–Kier alpha value is -3.87. The number of carboxylic acids is 1. The Bertz CT molecular complexity index is 1360. The third-order valence-corrected chi connectivity index (χ3v) is 5.47. The molecule has 0 atom stereocenters. The number of rotatable bonds is 6. The SMILES string of the molecule is Cc1c(CCC(=O)NCC(=O)O)c(=O)oc2c(C)c3occ(-c4ccccc4)c3cc12. The minimum atomic E-state index is -1.12. The van der Waals surface area contributed by atoms with Crippen molar-refractivity contribution < 1.29 is 23.5 Å². The fraction of sp³-hybridized carbons (Fsp3) is 0.208. The maximum absolute atomic E-state index is 12.6. The number of nitrogens with one attached hydrogen (secondary N) is 1. The van der Waals surface area contributed by atoms with E-state index in [1.807, 2.05) is 50.2 Å². The molecular weight excluding hydrogens is 398 g/mol. The van der Waals surface area contributed by atoms with Gasteiger partial charge < -0.3 is 19.3 Å².